The summed E-state index contributed by atoms with van der Waals surface area (Å²) in [5.74, 6) is -0.495. The van der Waals surface area contributed by atoms with Crippen LogP contribution in [0.5, 0.6) is 0 Å². The number of nitrogens with one attached hydrogen (secondary N) is 1. The minimum Gasteiger partial charge on any atom is -0.460 e. The molecule has 0 aromatic heterocycles. The van der Waals surface area contributed by atoms with E-state index >= 15 is 0 Å². The van der Waals surface area contributed by atoms with Crippen molar-refractivity contribution in [2.45, 2.75) is 6.92 Å². The monoisotopic (exact) mass is 325 g/mol. The molecule has 0 fully saturated rings. The fraction of sp³-hybridized carbons (Fsp3) is 0.636. The molecule has 0 atom stereocenters. The van der Waals surface area contributed by atoms with Crippen LogP contribution in [0.1, 0.15) is 6.92 Å². The zero-order valence-corrected chi connectivity index (χ0v) is 12.6. The number of ether oxygens (including phenoxy) is 3. The van der Waals surface area contributed by atoms with Crippen molar-refractivity contribution in [3.63, 3.8) is 0 Å². The molecule has 1 amide bonds. The highest BCUT2D eigenvalue weighted by Crippen LogP contribution is 2.33. The van der Waals surface area contributed by atoms with Crippen molar-refractivity contribution in [1.29, 1.82) is 0 Å². The highest BCUT2D eigenvalue weighted by molar-refractivity contribution is 7.51. The number of alkyl carbamates (subject to hydrolysis) is 1. The lowest BCUT2D eigenvalue weighted by atomic mass is 10.4. The normalized spacial score (nSPS) is 10.8. The number of rotatable bonds is 10. The maximum Gasteiger partial charge on any atom is 0.407 e. The SMILES string of the molecule is C=C(C)C(=O)OCCOCCNC(=O)OCCP(=O)(O)O. The summed E-state index contributed by atoms with van der Waals surface area (Å²) in [6.45, 7) is 5.17. The summed E-state index contributed by atoms with van der Waals surface area (Å²) in [4.78, 5) is 39.1. The van der Waals surface area contributed by atoms with Gasteiger partial charge in [0, 0.05) is 12.1 Å². The minimum atomic E-state index is -4.16. The van der Waals surface area contributed by atoms with Gasteiger partial charge in [-0.05, 0) is 6.92 Å². The fourth-order valence-corrected chi connectivity index (χ4v) is 1.28. The Labute approximate surface area is 122 Å². The topological polar surface area (TPSA) is 131 Å². The number of esters is 1. The van der Waals surface area contributed by atoms with Gasteiger partial charge in [0.05, 0.1) is 19.4 Å². The average molecular weight is 325 g/mol. The first kappa shape index (κ1) is 19.6. The van der Waals surface area contributed by atoms with Crippen LogP contribution in [0.15, 0.2) is 12.2 Å². The zero-order chi connectivity index (χ0) is 16.3. The third-order valence-electron chi connectivity index (χ3n) is 1.94. The standard InChI is InChI=1S/C11H20NO8P/c1-9(2)10(13)19-6-5-18-4-3-12-11(14)20-7-8-21(15,16)17/h1,3-8H2,2H3,(H,12,14)(H2,15,16,17). The van der Waals surface area contributed by atoms with Crippen molar-refractivity contribution in [2.24, 2.45) is 0 Å². The van der Waals surface area contributed by atoms with E-state index in [-0.39, 0.29) is 33.0 Å². The minimum absolute atomic E-state index is 0.0818. The highest BCUT2D eigenvalue weighted by Gasteiger charge is 2.13. The summed E-state index contributed by atoms with van der Waals surface area (Å²) >= 11 is 0. The van der Waals surface area contributed by atoms with E-state index in [0.717, 1.165) is 0 Å². The molecule has 10 heteroatoms. The lowest BCUT2D eigenvalue weighted by molar-refractivity contribution is -0.140. The third-order valence-corrected chi connectivity index (χ3v) is 2.71. The Kier molecular flexibility index (Phi) is 9.64. The van der Waals surface area contributed by atoms with Gasteiger partial charge in [0.15, 0.2) is 0 Å². The molecule has 9 nitrogen and oxygen atoms in total. The predicted molar refractivity (Wildman–Crippen MR) is 72.9 cm³/mol. The van der Waals surface area contributed by atoms with Crippen molar-refractivity contribution >= 4 is 19.7 Å². The molecule has 0 aromatic rings. The Balaban J connectivity index is 3.42. The molecule has 0 bridgehead atoms. The van der Waals surface area contributed by atoms with Gasteiger partial charge in [-0.15, -0.1) is 0 Å². The largest absolute Gasteiger partial charge is 0.460 e. The second kappa shape index (κ2) is 10.3. The number of hydrogen-bond donors (Lipinski definition) is 3. The molecule has 0 unspecified atom stereocenters. The van der Waals surface area contributed by atoms with Gasteiger partial charge in [-0.3, -0.25) is 4.57 Å². The van der Waals surface area contributed by atoms with Gasteiger partial charge in [-0.25, -0.2) is 9.59 Å². The van der Waals surface area contributed by atoms with Gasteiger partial charge in [-0.2, -0.15) is 0 Å². The van der Waals surface area contributed by atoms with Crippen molar-refractivity contribution < 1.29 is 38.2 Å². The molecule has 0 rings (SSSR count). The van der Waals surface area contributed by atoms with Crippen LogP contribution in [0.2, 0.25) is 0 Å². The first-order valence-corrected chi connectivity index (χ1v) is 7.87. The van der Waals surface area contributed by atoms with E-state index in [1.807, 2.05) is 0 Å². The molecular weight excluding hydrogens is 305 g/mol. The molecule has 0 radical (unpaired) electrons. The number of amides is 1. The zero-order valence-electron chi connectivity index (χ0n) is 11.7. The highest BCUT2D eigenvalue weighted by atomic mass is 31.2. The van der Waals surface area contributed by atoms with Crippen molar-refractivity contribution in [3.8, 4) is 0 Å². The Morgan fingerprint density at radius 1 is 1.14 bits per heavy atom. The summed E-state index contributed by atoms with van der Waals surface area (Å²) in [5, 5.41) is 2.33. The Morgan fingerprint density at radius 3 is 2.38 bits per heavy atom. The van der Waals surface area contributed by atoms with Crippen molar-refractivity contribution in [3.05, 3.63) is 12.2 Å². The Hall–Kier alpha value is -1.41. The summed E-state index contributed by atoms with van der Waals surface area (Å²) in [6.07, 6.45) is -1.31. The van der Waals surface area contributed by atoms with Crippen LogP contribution in [-0.4, -0.2) is 61.0 Å². The van der Waals surface area contributed by atoms with Crippen LogP contribution < -0.4 is 5.32 Å². The number of carbonyl (C=O) groups is 2. The second-order valence-corrected chi connectivity index (χ2v) is 5.76. The first-order valence-electron chi connectivity index (χ1n) is 6.08. The van der Waals surface area contributed by atoms with E-state index in [2.05, 4.69) is 16.6 Å². The van der Waals surface area contributed by atoms with Crippen LogP contribution >= 0.6 is 7.60 Å². The van der Waals surface area contributed by atoms with Gasteiger partial charge in [-0.1, -0.05) is 6.58 Å². The van der Waals surface area contributed by atoms with Crippen LogP contribution in [0, 0.1) is 0 Å². The van der Waals surface area contributed by atoms with E-state index in [1.54, 1.807) is 0 Å². The quantitative estimate of drug-likeness (QED) is 0.222. The molecule has 3 N–H and O–H groups in total. The van der Waals surface area contributed by atoms with Crippen LogP contribution in [0.4, 0.5) is 4.79 Å². The second-order valence-electron chi connectivity index (χ2n) is 3.98. The smallest absolute Gasteiger partial charge is 0.407 e. The predicted octanol–water partition coefficient (Wildman–Crippen LogP) is 0.0262. The van der Waals surface area contributed by atoms with E-state index in [4.69, 9.17) is 19.3 Å². The number of carbonyl (C=O) groups excluding carboxylic acids is 2. The molecule has 0 aliphatic rings. The third kappa shape index (κ3) is 13.3. The molecule has 0 spiro atoms. The van der Waals surface area contributed by atoms with Crippen LogP contribution in [-0.2, 0) is 23.6 Å². The molecule has 0 saturated heterocycles. The van der Waals surface area contributed by atoms with E-state index in [9.17, 15) is 14.2 Å². The fourth-order valence-electron chi connectivity index (χ4n) is 0.952. The van der Waals surface area contributed by atoms with Crippen molar-refractivity contribution in [2.75, 3.05) is 39.1 Å². The molecule has 122 valence electrons. The van der Waals surface area contributed by atoms with E-state index in [1.165, 1.54) is 6.92 Å². The summed E-state index contributed by atoms with van der Waals surface area (Å²) in [6, 6.07) is 0. The maximum atomic E-state index is 11.1. The van der Waals surface area contributed by atoms with Crippen LogP contribution in [0.3, 0.4) is 0 Å². The molecule has 21 heavy (non-hydrogen) atoms. The molecular formula is C11H20NO8P. The first-order chi connectivity index (χ1) is 9.72. The molecule has 0 aliphatic heterocycles. The Morgan fingerprint density at radius 2 is 1.81 bits per heavy atom. The number of hydrogen-bond acceptors (Lipinski definition) is 6. The van der Waals surface area contributed by atoms with Gasteiger partial charge in [0.25, 0.3) is 0 Å². The summed E-state index contributed by atoms with van der Waals surface area (Å²) < 4.78 is 24.8. The van der Waals surface area contributed by atoms with Gasteiger partial charge < -0.3 is 29.3 Å². The summed E-state index contributed by atoms with van der Waals surface area (Å²) in [7, 11) is -4.16. The van der Waals surface area contributed by atoms with Gasteiger partial charge in [0.1, 0.15) is 13.2 Å². The van der Waals surface area contributed by atoms with E-state index in [0.29, 0.717) is 5.57 Å². The maximum absolute atomic E-state index is 11.1. The average Bonchev–Trinajstić information content (AvgIpc) is 2.35. The lowest BCUT2D eigenvalue weighted by Crippen LogP contribution is -2.29. The lowest BCUT2D eigenvalue weighted by Gasteiger charge is -2.08. The van der Waals surface area contributed by atoms with Gasteiger partial charge >= 0.3 is 19.7 Å². The Bertz CT molecular complexity index is 405. The van der Waals surface area contributed by atoms with Gasteiger partial charge in [0.2, 0.25) is 0 Å². The summed E-state index contributed by atoms with van der Waals surface area (Å²) in [5.41, 5.74) is 0.301. The molecule has 0 aliphatic carbocycles. The molecule has 0 aromatic carbocycles. The van der Waals surface area contributed by atoms with Crippen LogP contribution in [0.25, 0.3) is 0 Å². The van der Waals surface area contributed by atoms with Crippen molar-refractivity contribution in [1.82, 2.24) is 5.32 Å². The van der Waals surface area contributed by atoms with E-state index < -0.39 is 25.8 Å². The molecule has 0 heterocycles. The molecule has 0 saturated carbocycles.